The number of hydrogen-bond donors (Lipinski definition) is 1. The van der Waals surface area contributed by atoms with E-state index in [1.54, 1.807) is 24.3 Å². The number of benzene rings is 1. The summed E-state index contributed by atoms with van der Waals surface area (Å²) < 4.78 is 28.9. The molecule has 1 aromatic heterocycles. The van der Waals surface area contributed by atoms with Crippen LogP contribution in [0.5, 0.6) is 5.75 Å². The molecule has 1 aromatic carbocycles. The smallest absolute Gasteiger partial charge is 0.387 e. The standard InChI is InChI=1S/C19H21F2N5O/c1-12-13(2)24-25-18(17(12)10-22)23-14-4-3-9-26(11-14)15-5-7-16(8-6-15)27-19(20)21/h5-8,14,19H,3-4,9,11H2,1-2H3,(H,23,25). The maximum atomic E-state index is 12.3. The third kappa shape index (κ3) is 4.42. The second-order valence-electron chi connectivity index (χ2n) is 6.55. The molecule has 0 spiro atoms. The third-order valence-corrected chi connectivity index (χ3v) is 4.76. The molecule has 8 heteroatoms. The van der Waals surface area contributed by atoms with Crippen LogP contribution >= 0.6 is 0 Å². The lowest BCUT2D eigenvalue weighted by Crippen LogP contribution is -2.42. The number of piperidine rings is 1. The van der Waals surface area contributed by atoms with Crippen LogP contribution in [0.2, 0.25) is 0 Å². The number of halogens is 2. The summed E-state index contributed by atoms with van der Waals surface area (Å²) in [6.45, 7) is 2.46. The molecule has 2 heterocycles. The molecule has 0 radical (unpaired) electrons. The number of hydrogen-bond acceptors (Lipinski definition) is 6. The Morgan fingerprint density at radius 3 is 2.67 bits per heavy atom. The van der Waals surface area contributed by atoms with Crippen LogP contribution in [0.15, 0.2) is 24.3 Å². The van der Waals surface area contributed by atoms with Gasteiger partial charge in [-0.3, -0.25) is 0 Å². The number of rotatable bonds is 5. The fourth-order valence-electron chi connectivity index (χ4n) is 3.21. The highest BCUT2D eigenvalue weighted by Crippen LogP contribution is 2.26. The first-order valence-corrected chi connectivity index (χ1v) is 8.78. The molecule has 6 nitrogen and oxygen atoms in total. The number of nitriles is 1. The minimum atomic E-state index is -2.83. The average Bonchev–Trinajstić information content (AvgIpc) is 2.65. The second-order valence-corrected chi connectivity index (χ2v) is 6.55. The van der Waals surface area contributed by atoms with Gasteiger partial charge < -0.3 is 15.0 Å². The minimum absolute atomic E-state index is 0.110. The van der Waals surface area contributed by atoms with E-state index in [0.717, 1.165) is 36.3 Å². The molecule has 1 aliphatic heterocycles. The van der Waals surface area contributed by atoms with E-state index in [0.29, 0.717) is 17.9 Å². The molecule has 1 fully saturated rings. The summed E-state index contributed by atoms with van der Waals surface area (Å²) in [5.74, 6) is 0.651. The van der Waals surface area contributed by atoms with Gasteiger partial charge in [-0.1, -0.05) is 0 Å². The molecule has 1 unspecified atom stereocenters. The molecule has 0 amide bonds. The van der Waals surface area contributed by atoms with E-state index in [-0.39, 0.29) is 11.8 Å². The predicted molar refractivity (Wildman–Crippen MR) is 98.2 cm³/mol. The van der Waals surface area contributed by atoms with Crippen molar-refractivity contribution in [2.24, 2.45) is 0 Å². The van der Waals surface area contributed by atoms with Gasteiger partial charge in [-0.25, -0.2) is 0 Å². The van der Waals surface area contributed by atoms with Gasteiger partial charge in [0.15, 0.2) is 5.82 Å². The lowest BCUT2D eigenvalue weighted by Gasteiger charge is -2.35. The quantitative estimate of drug-likeness (QED) is 0.862. The largest absolute Gasteiger partial charge is 0.435 e. The van der Waals surface area contributed by atoms with Gasteiger partial charge in [-0.2, -0.15) is 19.1 Å². The zero-order valence-electron chi connectivity index (χ0n) is 15.2. The number of alkyl halides is 2. The van der Waals surface area contributed by atoms with Crippen molar-refractivity contribution >= 4 is 11.5 Å². The zero-order chi connectivity index (χ0) is 19.4. The molecule has 0 aliphatic carbocycles. The van der Waals surface area contributed by atoms with Crippen LogP contribution in [-0.2, 0) is 0 Å². The second kappa shape index (κ2) is 8.16. The van der Waals surface area contributed by atoms with Crippen LogP contribution in [0, 0.1) is 25.2 Å². The van der Waals surface area contributed by atoms with Crippen molar-refractivity contribution < 1.29 is 13.5 Å². The van der Waals surface area contributed by atoms with Crippen molar-refractivity contribution in [3.8, 4) is 11.8 Å². The molecule has 3 rings (SSSR count). The maximum absolute atomic E-state index is 12.3. The summed E-state index contributed by atoms with van der Waals surface area (Å²) in [5.41, 5.74) is 3.04. The molecule has 27 heavy (non-hydrogen) atoms. The summed E-state index contributed by atoms with van der Waals surface area (Å²) >= 11 is 0. The molecular weight excluding hydrogens is 352 g/mol. The van der Waals surface area contributed by atoms with E-state index in [9.17, 15) is 14.0 Å². The monoisotopic (exact) mass is 373 g/mol. The SMILES string of the molecule is Cc1nnc(NC2CCCN(c3ccc(OC(F)F)cc3)C2)c(C#N)c1C. The molecule has 0 bridgehead atoms. The van der Waals surface area contributed by atoms with Gasteiger partial charge in [0.1, 0.15) is 17.4 Å². The Hall–Kier alpha value is -2.95. The van der Waals surface area contributed by atoms with Crippen molar-refractivity contribution in [3.63, 3.8) is 0 Å². The summed E-state index contributed by atoms with van der Waals surface area (Å²) in [5, 5.41) is 21.0. The molecule has 1 saturated heterocycles. The first kappa shape index (κ1) is 18.8. The Balaban J connectivity index is 1.70. The van der Waals surface area contributed by atoms with Crippen LogP contribution < -0.4 is 15.0 Å². The molecule has 1 aliphatic rings. The highest BCUT2D eigenvalue weighted by molar-refractivity contribution is 5.57. The number of aromatic nitrogens is 2. The lowest BCUT2D eigenvalue weighted by molar-refractivity contribution is -0.0498. The highest BCUT2D eigenvalue weighted by Gasteiger charge is 2.22. The van der Waals surface area contributed by atoms with E-state index in [2.05, 4.69) is 31.2 Å². The molecule has 1 N–H and O–H groups in total. The number of nitrogens with one attached hydrogen (secondary N) is 1. The predicted octanol–water partition coefficient (Wildman–Crippen LogP) is 3.65. The summed E-state index contributed by atoms with van der Waals surface area (Å²) in [7, 11) is 0. The molecular formula is C19H21F2N5O. The van der Waals surface area contributed by atoms with Crippen LogP contribution in [0.4, 0.5) is 20.3 Å². The van der Waals surface area contributed by atoms with Crippen molar-refractivity contribution in [2.75, 3.05) is 23.3 Å². The lowest BCUT2D eigenvalue weighted by atomic mass is 10.0. The van der Waals surface area contributed by atoms with Gasteiger partial charge in [0.2, 0.25) is 0 Å². The van der Waals surface area contributed by atoms with Gasteiger partial charge in [-0.15, -0.1) is 5.10 Å². The van der Waals surface area contributed by atoms with Gasteiger partial charge in [-0.05, 0) is 56.5 Å². The Labute approximate surface area is 156 Å². The zero-order valence-corrected chi connectivity index (χ0v) is 15.2. The number of ether oxygens (including phenoxy) is 1. The number of anilines is 2. The van der Waals surface area contributed by atoms with Crippen LogP contribution in [0.1, 0.15) is 29.7 Å². The molecule has 1 atom stereocenters. The van der Waals surface area contributed by atoms with Crippen molar-refractivity contribution in [1.29, 1.82) is 5.26 Å². The van der Waals surface area contributed by atoms with E-state index >= 15 is 0 Å². The highest BCUT2D eigenvalue weighted by atomic mass is 19.3. The van der Waals surface area contributed by atoms with Gasteiger partial charge >= 0.3 is 6.61 Å². The van der Waals surface area contributed by atoms with Gasteiger partial charge in [0.25, 0.3) is 0 Å². The maximum Gasteiger partial charge on any atom is 0.387 e. The fraction of sp³-hybridized carbons (Fsp3) is 0.421. The first-order valence-electron chi connectivity index (χ1n) is 8.78. The minimum Gasteiger partial charge on any atom is -0.435 e. The van der Waals surface area contributed by atoms with E-state index in [1.165, 1.54) is 0 Å². The van der Waals surface area contributed by atoms with Crippen molar-refractivity contribution in [1.82, 2.24) is 10.2 Å². The Kier molecular flexibility index (Phi) is 5.69. The van der Waals surface area contributed by atoms with E-state index < -0.39 is 6.61 Å². The Morgan fingerprint density at radius 2 is 2.00 bits per heavy atom. The van der Waals surface area contributed by atoms with Crippen molar-refractivity contribution in [3.05, 3.63) is 41.1 Å². The van der Waals surface area contributed by atoms with Crippen LogP contribution in [0.25, 0.3) is 0 Å². The number of nitrogens with zero attached hydrogens (tertiary/aromatic N) is 4. The average molecular weight is 373 g/mol. The summed E-state index contributed by atoms with van der Waals surface area (Å²) in [6, 6.07) is 8.95. The van der Waals surface area contributed by atoms with Crippen LogP contribution in [-0.4, -0.2) is 35.9 Å². The first-order chi connectivity index (χ1) is 13.0. The van der Waals surface area contributed by atoms with E-state index in [4.69, 9.17) is 0 Å². The molecule has 2 aromatic rings. The van der Waals surface area contributed by atoms with Crippen molar-refractivity contribution in [2.45, 2.75) is 39.3 Å². The number of aryl methyl sites for hydroxylation is 1. The topological polar surface area (TPSA) is 74.1 Å². The Morgan fingerprint density at radius 1 is 1.26 bits per heavy atom. The third-order valence-electron chi connectivity index (χ3n) is 4.76. The molecule has 142 valence electrons. The Bertz CT molecular complexity index is 835. The fourth-order valence-corrected chi connectivity index (χ4v) is 3.21. The summed E-state index contributed by atoms with van der Waals surface area (Å²) in [6.07, 6.45) is 1.91. The molecule has 0 saturated carbocycles. The van der Waals surface area contributed by atoms with Gasteiger partial charge in [0, 0.05) is 24.8 Å². The van der Waals surface area contributed by atoms with Gasteiger partial charge in [0.05, 0.1) is 5.69 Å². The van der Waals surface area contributed by atoms with Crippen LogP contribution in [0.3, 0.4) is 0 Å². The van der Waals surface area contributed by atoms with E-state index in [1.807, 2.05) is 13.8 Å². The normalized spacial score (nSPS) is 16.9. The summed E-state index contributed by atoms with van der Waals surface area (Å²) in [4.78, 5) is 2.17.